The summed E-state index contributed by atoms with van der Waals surface area (Å²) in [6, 6.07) is 0. The lowest BCUT2D eigenvalue weighted by molar-refractivity contribution is -0.144. The minimum atomic E-state index is -0.745. The summed E-state index contributed by atoms with van der Waals surface area (Å²) in [4.78, 5) is 10.7. The van der Waals surface area contributed by atoms with Crippen molar-refractivity contribution in [3.05, 3.63) is 0 Å². The summed E-state index contributed by atoms with van der Waals surface area (Å²) in [6.07, 6.45) is 0. The van der Waals surface area contributed by atoms with E-state index in [9.17, 15) is 4.79 Å². The Bertz CT molecular complexity index is 143. The number of carboxylic acids is 1. The van der Waals surface area contributed by atoms with Crippen molar-refractivity contribution in [1.29, 1.82) is 0 Å². The molecule has 0 aromatic heterocycles. The monoisotopic (exact) mass is 174 g/mol. The SMILES string of the molecule is COCC(C(C)C)C(C)C(=O)O. The molecule has 3 heteroatoms. The Labute approximate surface area is 73.7 Å². The van der Waals surface area contributed by atoms with E-state index in [2.05, 4.69) is 0 Å². The van der Waals surface area contributed by atoms with Crippen LogP contribution in [-0.4, -0.2) is 24.8 Å². The number of methoxy groups -OCH3 is 1. The van der Waals surface area contributed by atoms with Gasteiger partial charge in [-0.15, -0.1) is 0 Å². The van der Waals surface area contributed by atoms with E-state index in [1.54, 1.807) is 14.0 Å². The van der Waals surface area contributed by atoms with Crippen molar-refractivity contribution < 1.29 is 14.6 Å². The summed E-state index contributed by atoms with van der Waals surface area (Å²) >= 11 is 0. The third kappa shape index (κ3) is 3.22. The molecule has 0 aliphatic heterocycles. The number of carboxylic acid groups (broad SMARTS) is 1. The highest BCUT2D eigenvalue weighted by atomic mass is 16.5. The van der Waals surface area contributed by atoms with Gasteiger partial charge < -0.3 is 9.84 Å². The standard InChI is InChI=1S/C9H18O3/c1-6(2)8(5-12-4)7(3)9(10)11/h6-8H,5H2,1-4H3,(H,10,11). The molecule has 3 nitrogen and oxygen atoms in total. The van der Waals surface area contributed by atoms with E-state index in [-0.39, 0.29) is 11.8 Å². The van der Waals surface area contributed by atoms with E-state index >= 15 is 0 Å². The lowest BCUT2D eigenvalue weighted by Crippen LogP contribution is -2.28. The molecule has 0 fully saturated rings. The van der Waals surface area contributed by atoms with Crippen LogP contribution < -0.4 is 0 Å². The van der Waals surface area contributed by atoms with E-state index in [0.717, 1.165) is 0 Å². The van der Waals surface area contributed by atoms with Crippen LogP contribution in [0.4, 0.5) is 0 Å². The summed E-state index contributed by atoms with van der Waals surface area (Å²) in [7, 11) is 1.60. The summed E-state index contributed by atoms with van der Waals surface area (Å²) in [5.41, 5.74) is 0. The van der Waals surface area contributed by atoms with Gasteiger partial charge in [-0.25, -0.2) is 0 Å². The van der Waals surface area contributed by atoms with Crippen molar-refractivity contribution in [1.82, 2.24) is 0 Å². The van der Waals surface area contributed by atoms with Gasteiger partial charge in [0.25, 0.3) is 0 Å². The van der Waals surface area contributed by atoms with Crippen molar-refractivity contribution in [2.75, 3.05) is 13.7 Å². The molecule has 0 rings (SSSR count). The van der Waals surface area contributed by atoms with E-state index in [1.807, 2.05) is 13.8 Å². The van der Waals surface area contributed by atoms with Gasteiger partial charge in [0, 0.05) is 7.11 Å². The van der Waals surface area contributed by atoms with Crippen LogP contribution in [-0.2, 0) is 9.53 Å². The second-order valence-electron chi connectivity index (χ2n) is 3.49. The number of hydrogen-bond donors (Lipinski definition) is 1. The van der Waals surface area contributed by atoms with Gasteiger partial charge in [-0.1, -0.05) is 20.8 Å². The maximum atomic E-state index is 10.7. The summed E-state index contributed by atoms with van der Waals surface area (Å²) in [5.74, 6) is -0.626. The predicted octanol–water partition coefficient (Wildman–Crippen LogP) is 1.63. The highest BCUT2D eigenvalue weighted by molar-refractivity contribution is 5.69. The van der Waals surface area contributed by atoms with Gasteiger partial charge in [0.15, 0.2) is 0 Å². The first-order valence-corrected chi connectivity index (χ1v) is 4.22. The molecular formula is C9H18O3. The second kappa shape index (κ2) is 5.14. The highest BCUT2D eigenvalue weighted by Gasteiger charge is 2.25. The molecule has 0 aliphatic carbocycles. The van der Waals surface area contributed by atoms with Gasteiger partial charge >= 0.3 is 5.97 Å². The molecule has 0 radical (unpaired) electrons. The molecule has 0 amide bonds. The van der Waals surface area contributed by atoms with Gasteiger partial charge in [0.1, 0.15) is 0 Å². The zero-order valence-corrected chi connectivity index (χ0v) is 8.20. The normalized spacial score (nSPS) is 16.1. The maximum Gasteiger partial charge on any atom is 0.306 e. The fourth-order valence-corrected chi connectivity index (χ4v) is 1.29. The molecule has 0 heterocycles. The molecule has 0 aromatic rings. The largest absolute Gasteiger partial charge is 0.481 e. The van der Waals surface area contributed by atoms with Gasteiger partial charge in [-0.2, -0.15) is 0 Å². The second-order valence-corrected chi connectivity index (χ2v) is 3.49. The summed E-state index contributed by atoms with van der Waals surface area (Å²) < 4.78 is 4.97. The Hall–Kier alpha value is -0.570. The number of ether oxygens (including phenoxy) is 1. The molecule has 1 N–H and O–H groups in total. The first-order chi connectivity index (χ1) is 5.50. The van der Waals surface area contributed by atoms with Crippen LogP contribution in [0.3, 0.4) is 0 Å². The molecule has 12 heavy (non-hydrogen) atoms. The molecule has 0 bridgehead atoms. The lowest BCUT2D eigenvalue weighted by atomic mass is 9.85. The van der Waals surface area contributed by atoms with Crippen LogP contribution in [0.5, 0.6) is 0 Å². The molecule has 0 aromatic carbocycles. The van der Waals surface area contributed by atoms with Crippen LogP contribution in [0.2, 0.25) is 0 Å². The van der Waals surface area contributed by atoms with Crippen molar-refractivity contribution in [2.45, 2.75) is 20.8 Å². The molecule has 2 atom stereocenters. The zero-order valence-electron chi connectivity index (χ0n) is 8.20. The minimum absolute atomic E-state index is 0.104. The smallest absolute Gasteiger partial charge is 0.306 e. The molecular weight excluding hydrogens is 156 g/mol. The topological polar surface area (TPSA) is 46.5 Å². The van der Waals surface area contributed by atoms with E-state index in [1.165, 1.54) is 0 Å². The fourth-order valence-electron chi connectivity index (χ4n) is 1.29. The molecule has 72 valence electrons. The van der Waals surface area contributed by atoms with Crippen molar-refractivity contribution in [3.63, 3.8) is 0 Å². The fraction of sp³-hybridized carbons (Fsp3) is 0.889. The maximum absolute atomic E-state index is 10.7. The van der Waals surface area contributed by atoms with Crippen molar-refractivity contribution in [3.8, 4) is 0 Å². The van der Waals surface area contributed by atoms with E-state index < -0.39 is 5.97 Å². The van der Waals surface area contributed by atoms with Gasteiger partial charge in [0.05, 0.1) is 12.5 Å². The van der Waals surface area contributed by atoms with Crippen LogP contribution >= 0.6 is 0 Å². The van der Waals surface area contributed by atoms with Gasteiger partial charge in [-0.05, 0) is 11.8 Å². The predicted molar refractivity (Wildman–Crippen MR) is 47.0 cm³/mol. The Balaban J connectivity index is 4.18. The Morgan fingerprint density at radius 1 is 1.42 bits per heavy atom. The molecule has 0 aliphatic rings. The van der Waals surface area contributed by atoms with Crippen LogP contribution in [0.1, 0.15) is 20.8 Å². The molecule has 0 spiro atoms. The number of rotatable bonds is 5. The number of hydrogen-bond acceptors (Lipinski definition) is 2. The quantitative estimate of drug-likeness (QED) is 0.689. The third-order valence-electron chi connectivity index (χ3n) is 2.25. The zero-order chi connectivity index (χ0) is 9.72. The lowest BCUT2D eigenvalue weighted by Gasteiger charge is -2.23. The highest BCUT2D eigenvalue weighted by Crippen LogP contribution is 2.21. The minimum Gasteiger partial charge on any atom is -0.481 e. The Morgan fingerprint density at radius 3 is 2.17 bits per heavy atom. The van der Waals surface area contributed by atoms with Crippen molar-refractivity contribution >= 4 is 5.97 Å². The molecule has 0 saturated heterocycles. The number of aliphatic carboxylic acids is 1. The van der Waals surface area contributed by atoms with Gasteiger partial charge in [-0.3, -0.25) is 4.79 Å². The van der Waals surface area contributed by atoms with Crippen LogP contribution in [0, 0.1) is 17.8 Å². The average Bonchev–Trinajstić information content (AvgIpc) is 1.98. The third-order valence-corrected chi connectivity index (χ3v) is 2.25. The summed E-state index contributed by atoms with van der Waals surface area (Å²) in [6.45, 7) is 6.28. The summed E-state index contributed by atoms with van der Waals surface area (Å²) in [5, 5.41) is 8.77. The van der Waals surface area contributed by atoms with E-state index in [4.69, 9.17) is 9.84 Å². The van der Waals surface area contributed by atoms with Gasteiger partial charge in [0.2, 0.25) is 0 Å². The van der Waals surface area contributed by atoms with Crippen molar-refractivity contribution in [2.24, 2.45) is 17.8 Å². The van der Waals surface area contributed by atoms with Crippen LogP contribution in [0.15, 0.2) is 0 Å². The Kier molecular flexibility index (Phi) is 4.90. The first-order valence-electron chi connectivity index (χ1n) is 4.22. The van der Waals surface area contributed by atoms with E-state index in [0.29, 0.717) is 12.5 Å². The first kappa shape index (κ1) is 11.4. The Morgan fingerprint density at radius 2 is 1.92 bits per heavy atom. The molecule has 2 unspecified atom stereocenters. The number of carbonyl (C=O) groups is 1. The van der Waals surface area contributed by atoms with Crippen LogP contribution in [0.25, 0.3) is 0 Å². The average molecular weight is 174 g/mol. The molecule has 0 saturated carbocycles.